The molecule has 0 heterocycles. The van der Waals surface area contributed by atoms with Gasteiger partial charge in [-0.3, -0.25) is 0 Å². The van der Waals surface area contributed by atoms with Gasteiger partial charge >= 0.3 is 0 Å². The van der Waals surface area contributed by atoms with Gasteiger partial charge in [0.2, 0.25) is 0 Å². The fraction of sp³-hybridized carbons (Fsp3) is 0.294. The lowest BCUT2D eigenvalue weighted by Crippen LogP contribution is -2.19. The largest absolute Gasteiger partial charge is 0.496 e. The fourth-order valence-electron chi connectivity index (χ4n) is 2.46. The lowest BCUT2D eigenvalue weighted by atomic mass is 10.1. The Kier molecular flexibility index (Phi) is 5.17. The molecule has 0 aromatic heterocycles. The molecule has 0 aliphatic heterocycles. The molecule has 0 aliphatic carbocycles. The van der Waals surface area contributed by atoms with Gasteiger partial charge < -0.3 is 15.4 Å². The van der Waals surface area contributed by atoms with Gasteiger partial charge in [-0.2, -0.15) is 0 Å². The lowest BCUT2D eigenvalue weighted by Gasteiger charge is -2.23. The number of hydrogen-bond acceptors (Lipinski definition) is 3. The van der Waals surface area contributed by atoms with Crippen LogP contribution in [0.5, 0.6) is 5.75 Å². The molecule has 2 rings (SSSR count). The van der Waals surface area contributed by atoms with Crippen LogP contribution in [0.15, 0.2) is 42.5 Å². The van der Waals surface area contributed by atoms with Crippen LogP contribution in [-0.4, -0.2) is 20.7 Å². The zero-order chi connectivity index (χ0) is 15.2. The van der Waals surface area contributed by atoms with Crippen molar-refractivity contribution in [3.05, 3.63) is 59.4 Å². The first-order valence-electron chi connectivity index (χ1n) is 6.97. The first-order chi connectivity index (χ1) is 10.2. The molecule has 0 saturated heterocycles. The smallest absolute Gasteiger partial charge is 0.123 e. The van der Waals surface area contributed by atoms with Crippen molar-refractivity contribution < 1.29 is 9.13 Å². The summed E-state index contributed by atoms with van der Waals surface area (Å²) in [6, 6.07) is 12.7. The van der Waals surface area contributed by atoms with Crippen LogP contribution in [0.3, 0.4) is 0 Å². The van der Waals surface area contributed by atoms with Crippen LogP contribution in [0.2, 0.25) is 0 Å². The van der Waals surface area contributed by atoms with Crippen molar-refractivity contribution >= 4 is 5.69 Å². The maximum Gasteiger partial charge on any atom is 0.123 e. The van der Waals surface area contributed by atoms with Crippen molar-refractivity contribution in [2.75, 3.05) is 25.6 Å². The van der Waals surface area contributed by atoms with Gasteiger partial charge in [-0.25, -0.2) is 4.39 Å². The quantitative estimate of drug-likeness (QED) is 0.888. The van der Waals surface area contributed by atoms with E-state index >= 15 is 0 Å². The number of halogens is 1. The summed E-state index contributed by atoms with van der Waals surface area (Å²) in [4.78, 5) is 2.09. The van der Waals surface area contributed by atoms with Crippen molar-refractivity contribution in [1.82, 2.24) is 0 Å². The second-order valence-corrected chi connectivity index (χ2v) is 4.98. The van der Waals surface area contributed by atoms with Gasteiger partial charge in [0, 0.05) is 24.8 Å². The van der Waals surface area contributed by atoms with Crippen molar-refractivity contribution in [3.63, 3.8) is 0 Å². The summed E-state index contributed by atoms with van der Waals surface area (Å²) in [6.07, 6.45) is 0.656. The molecule has 0 aliphatic rings. The van der Waals surface area contributed by atoms with Crippen molar-refractivity contribution in [2.45, 2.75) is 13.0 Å². The monoisotopic (exact) mass is 288 g/mol. The van der Waals surface area contributed by atoms with Gasteiger partial charge in [0.05, 0.1) is 7.11 Å². The van der Waals surface area contributed by atoms with Gasteiger partial charge in [-0.15, -0.1) is 0 Å². The molecule has 0 radical (unpaired) electrons. The van der Waals surface area contributed by atoms with E-state index in [1.54, 1.807) is 19.2 Å². The Bertz CT molecular complexity index is 601. The number of para-hydroxylation sites is 1. The zero-order valence-electron chi connectivity index (χ0n) is 12.5. The van der Waals surface area contributed by atoms with E-state index in [0.717, 1.165) is 22.6 Å². The average Bonchev–Trinajstić information content (AvgIpc) is 2.48. The fourth-order valence-corrected chi connectivity index (χ4v) is 2.46. The molecule has 0 atom stereocenters. The molecule has 3 nitrogen and oxygen atoms in total. The molecular weight excluding hydrogens is 267 g/mol. The molecule has 2 aromatic carbocycles. The predicted molar refractivity (Wildman–Crippen MR) is 84.3 cm³/mol. The van der Waals surface area contributed by atoms with Crippen LogP contribution in [0, 0.1) is 5.82 Å². The highest BCUT2D eigenvalue weighted by atomic mass is 19.1. The first-order valence-corrected chi connectivity index (χ1v) is 6.97. The number of nitrogens with two attached hydrogens (primary N) is 1. The maximum atomic E-state index is 13.4. The van der Waals surface area contributed by atoms with Gasteiger partial charge in [0.15, 0.2) is 0 Å². The van der Waals surface area contributed by atoms with Gasteiger partial charge in [0.25, 0.3) is 0 Å². The molecule has 21 heavy (non-hydrogen) atoms. The standard InChI is InChI=1S/C17H21FN2O/c1-20(12-14-5-3-4-6-17(14)21-2)16-8-7-15(18)11-13(16)9-10-19/h3-8,11H,9-10,12,19H2,1-2H3. The second kappa shape index (κ2) is 7.09. The number of benzene rings is 2. The molecule has 0 amide bonds. The van der Waals surface area contributed by atoms with E-state index in [0.29, 0.717) is 19.5 Å². The molecule has 0 saturated carbocycles. The minimum atomic E-state index is -0.229. The number of hydrogen-bond donors (Lipinski definition) is 1. The topological polar surface area (TPSA) is 38.5 Å². The van der Waals surface area contributed by atoms with Gasteiger partial charge in [0.1, 0.15) is 11.6 Å². The van der Waals surface area contributed by atoms with E-state index in [1.165, 1.54) is 6.07 Å². The number of ether oxygens (including phenoxy) is 1. The van der Waals surface area contributed by atoms with Crippen LogP contribution >= 0.6 is 0 Å². The summed E-state index contributed by atoms with van der Waals surface area (Å²) in [6.45, 7) is 1.19. The van der Waals surface area contributed by atoms with E-state index in [2.05, 4.69) is 4.90 Å². The van der Waals surface area contributed by atoms with Gasteiger partial charge in [-0.1, -0.05) is 18.2 Å². The van der Waals surface area contributed by atoms with Gasteiger partial charge in [-0.05, 0) is 42.8 Å². The number of rotatable bonds is 6. The third-order valence-electron chi connectivity index (χ3n) is 3.47. The predicted octanol–water partition coefficient (Wildman–Crippen LogP) is 2.97. The molecule has 112 valence electrons. The number of nitrogens with zero attached hydrogens (tertiary/aromatic N) is 1. The Labute approximate surface area is 125 Å². The zero-order valence-corrected chi connectivity index (χ0v) is 12.5. The Balaban J connectivity index is 2.25. The normalized spacial score (nSPS) is 10.5. The third-order valence-corrected chi connectivity index (χ3v) is 3.47. The van der Waals surface area contributed by atoms with E-state index in [-0.39, 0.29) is 5.82 Å². The van der Waals surface area contributed by atoms with Crippen molar-refractivity contribution in [2.24, 2.45) is 5.73 Å². The lowest BCUT2D eigenvalue weighted by molar-refractivity contribution is 0.409. The molecule has 0 fully saturated rings. The maximum absolute atomic E-state index is 13.4. The minimum Gasteiger partial charge on any atom is -0.496 e. The van der Waals surface area contributed by atoms with E-state index in [9.17, 15) is 4.39 Å². The molecular formula is C17H21FN2O. The summed E-state index contributed by atoms with van der Waals surface area (Å²) >= 11 is 0. The Morgan fingerprint density at radius 2 is 1.90 bits per heavy atom. The summed E-state index contributed by atoms with van der Waals surface area (Å²) in [5.41, 5.74) is 8.62. The SMILES string of the molecule is COc1ccccc1CN(C)c1ccc(F)cc1CCN. The number of methoxy groups -OCH3 is 1. The highest BCUT2D eigenvalue weighted by molar-refractivity contribution is 5.54. The highest BCUT2D eigenvalue weighted by Gasteiger charge is 2.11. The van der Waals surface area contributed by atoms with E-state index < -0.39 is 0 Å². The first kappa shape index (κ1) is 15.3. The summed E-state index contributed by atoms with van der Waals surface area (Å²) in [7, 11) is 3.65. The second-order valence-electron chi connectivity index (χ2n) is 4.98. The molecule has 2 N–H and O–H groups in total. The number of anilines is 1. The summed E-state index contributed by atoms with van der Waals surface area (Å²) < 4.78 is 18.8. The average molecular weight is 288 g/mol. The summed E-state index contributed by atoms with van der Waals surface area (Å²) in [5.74, 6) is 0.625. The summed E-state index contributed by atoms with van der Waals surface area (Å²) in [5, 5.41) is 0. The molecule has 0 unspecified atom stereocenters. The van der Waals surface area contributed by atoms with Crippen LogP contribution in [-0.2, 0) is 13.0 Å². The van der Waals surface area contributed by atoms with Crippen LogP contribution in [0.1, 0.15) is 11.1 Å². The van der Waals surface area contributed by atoms with Crippen LogP contribution in [0.25, 0.3) is 0 Å². The molecule has 0 spiro atoms. The molecule has 4 heteroatoms. The van der Waals surface area contributed by atoms with E-state index in [4.69, 9.17) is 10.5 Å². The van der Waals surface area contributed by atoms with Crippen LogP contribution in [0.4, 0.5) is 10.1 Å². The Morgan fingerprint density at radius 1 is 1.14 bits per heavy atom. The van der Waals surface area contributed by atoms with Crippen molar-refractivity contribution in [3.8, 4) is 5.75 Å². The third kappa shape index (κ3) is 3.73. The molecule has 0 bridgehead atoms. The highest BCUT2D eigenvalue weighted by Crippen LogP contribution is 2.25. The van der Waals surface area contributed by atoms with Crippen molar-refractivity contribution in [1.29, 1.82) is 0 Å². The Hall–Kier alpha value is -2.07. The molecule has 2 aromatic rings. The Morgan fingerprint density at radius 3 is 2.62 bits per heavy atom. The minimum absolute atomic E-state index is 0.229. The van der Waals surface area contributed by atoms with Crippen LogP contribution < -0.4 is 15.4 Å². The van der Waals surface area contributed by atoms with E-state index in [1.807, 2.05) is 31.3 Å².